The molecule has 2 aromatic rings. The van der Waals surface area contributed by atoms with E-state index >= 15 is 0 Å². The molecule has 2 aromatic carbocycles. The van der Waals surface area contributed by atoms with E-state index in [1.165, 1.54) is 55.6 Å². The van der Waals surface area contributed by atoms with Gasteiger partial charge >= 0.3 is 0 Å². The smallest absolute Gasteiger partial charge is 0.103 e. The summed E-state index contributed by atoms with van der Waals surface area (Å²) >= 11 is 0. The normalized spacial score (nSPS) is 21.1. The molecule has 0 spiro atoms. The van der Waals surface area contributed by atoms with E-state index in [2.05, 4.69) is 61.5 Å². The molecule has 0 bridgehead atoms. The van der Waals surface area contributed by atoms with E-state index in [-0.39, 0.29) is 12.4 Å². The molecule has 0 amide bonds. The zero-order valence-electron chi connectivity index (χ0n) is 13.4. The van der Waals surface area contributed by atoms with Gasteiger partial charge in [-0.2, -0.15) is 0 Å². The van der Waals surface area contributed by atoms with Crippen molar-refractivity contribution in [2.75, 3.05) is 13.1 Å². The number of benzene rings is 2. The zero-order chi connectivity index (χ0) is 14.5. The second-order valence-corrected chi connectivity index (χ2v) is 6.55. The quantitative estimate of drug-likeness (QED) is 0.812. The van der Waals surface area contributed by atoms with E-state index in [0.717, 1.165) is 5.92 Å². The Morgan fingerprint density at radius 2 is 1.50 bits per heavy atom. The summed E-state index contributed by atoms with van der Waals surface area (Å²) in [6.07, 6.45) is 4.00. The number of hydrogen-bond donors (Lipinski definition) is 1. The van der Waals surface area contributed by atoms with Crippen LogP contribution in [0.1, 0.15) is 29.5 Å². The summed E-state index contributed by atoms with van der Waals surface area (Å²) in [6.45, 7) is 6.00. The maximum Gasteiger partial charge on any atom is 0.103 e. The SMILES string of the molecule is Cc1ccc(CC2CC[NH+](Cc3ccccc3)CC2)cc1.[Cl-]. The first-order chi connectivity index (χ1) is 10.3. The molecule has 1 nitrogen and oxygen atoms in total. The van der Waals surface area contributed by atoms with Gasteiger partial charge in [0.15, 0.2) is 0 Å². The molecule has 118 valence electrons. The highest BCUT2D eigenvalue weighted by Crippen LogP contribution is 2.17. The average Bonchev–Trinajstić information content (AvgIpc) is 2.53. The minimum Gasteiger partial charge on any atom is -1.00 e. The van der Waals surface area contributed by atoms with Gasteiger partial charge < -0.3 is 17.3 Å². The average molecular weight is 316 g/mol. The van der Waals surface area contributed by atoms with Crippen molar-refractivity contribution in [2.24, 2.45) is 5.92 Å². The predicted molar refractivity (Wildman–Crippen MR) is 88.4 cm³/mol. The van der Waals surface area contributed by atoms with Crippen molar-refractivity contribution in [1.82, 2.24) is 0 Å². The topological polar surface area (TPSA) is 4.44 Å². The summed E-state index contributed by atoms with van der Waals surface area (Å²) < 4.78 is 0. The molecule has 0 aromatic heterocycles. The lowest BCUT2D eigenvalue weighted by molar-refractivity contribution is -0.919. The van der Waals surface area contributed by atoms with E-state index in [4.69, 9.17) is 0 Å². The molecule has 0 aliphatic carbocycles. The fourth-order valence-electron chi connectivity index (χ4n) is 3.41. The maximum absolute atomic E-state index is 2.30. The van der Waals surface area contributed by atoms with E-state index in [1.807, 2.05) is 0 Å². The number of halogens is 1. The van der Waals surface area contributed by atoms with Gasteiger partial charge in [-0.1, -0.05) is 60.2 Å². The van der Waals surface area contributed by atoms with Crippen LogP contribution in [0.5, 0.6) is 0 Å². The number of likely N-dealkylation sites (tertiary alicyclic amines) is 1. The van der Waals surface area contributed by atoms with Crippen LogP contribution in [-0.4, -0.2) is 13.1 Å². The molecule has 2 heteroatoms. The van der Waals surface area contributed by atoms with Gasteiger partial charge in [0.1, 0.15) is 6.54 Å². The first-order valence-electron chi connectivity index (χ1n) is 8.22. The third kappa shape index (κ3) is 4.86. The van der Waals surface area contributed by atoms with Crippen LogP contribution in [0, 0.1) is 12.8 Å². The molecule has 1 fully saturated rings. The molecule has 1 aliphatic heterocycles. The summed E-state index contributed by atoms with van der Waals surface area (Å²) in [5.74, 6) is 0.882. The lowest BCUT2D eigenvalue weighted by atomic mass is 9.90. The first kappa shape index (κ1) is 17.1. The Hall–Kier alpha value is -1.31. The standard InChI is InChI=1S/C20H25N.ClH/c1-17-7-9-18(10-8-17)15-19-11-13-21(14-12-19)16-20-5-3-2-4-6-20;/h2-10,19H,11-16H2,1H3;1H. The number of piperidine rings is 1. The van der Waals surface area contributed by atoms with Gasteiger partial charge in [-0.25, -0.2) is 0 Å². The lowest BCUT2D eigenvalue weighted by Gasteiger charge is -2.29. The summed E-state index contributed by atoms with van der Waals surface area (Å²) in [7, 11) is 0. The Morgan fingerprint density at radius 1 is 0.864 bits per heavy atom. The van der Waals surface area contributed by atoms with Gasteiger partial charge in [-0.15, -0.1) is 0 Å². The zero-order valence-corrected chi connectivity index (χ0v) is 14.2. The van der Waals surface area contributed by atoms with Crippen LogP contribution in [0.2, 0.25) is 0 Å². The Bertz CT molecular complexity index is 542. The van der Waals surface area contributed by atoms with Gasteiger partial charge in [0.25, 0.3) is 0 Å². The van der Waals surface area contributed by atoms with E-state index in [1.54, 1.807) is 4.90 Å². The van der Waals surface area contributed by atoms with Gasteiger partial charge in [-0.05, 0) is 37.7 Å². The predicted octanol–water partition coefficient (Wildman–Crippen LogP) is 0.0366. The molecule has 3 rings (SSSR count). The second kappa shape index (κ2) is 8.36. The Balaban J connectivity index is 0.00000176. The van der Waals surface area contributed by atoms with Crippen molar-refractivity contribution in [1.29, 1.82) is 0 Å². The van der Waals surface area contributed by atoms with E-state index < -0.39 is 0 Å². The minimum atomic E-state index is 0. The number of quaternary nitrogens is 1. The lowest BCUT2D eigenvalue weighted by Crippen LogP contribution is -3.11. The molecule has 1 heterocycles. The maximum atomic E-state index is 2.30. The van der Waals surface area contributed by atoms with Crippen molar-refractivity contribution >= 4 is 0 Å². The number of rotatable bonds is 4. The molecule has 1 aliphatic rings. The fourth-order valence-corrected chi connectivity index (χ4v) is 3.41. The molecule has 1 saturated heterocycles. The van der Waals surface area contributed by atoms with E-state index in [9.17, 15) is 0 Å². The molecule has 1 N–H and O–H groups in total. The van der Waals surface area contributed by atoms with Crippen molar-refractivity contribution in [3.05, 3.63) is 71.3 Å². The van der Waals surface area contributed by atoms with Crippen LogP contribution < -0.4 is 17.3 Å². The van der Waals surface area contributed by atoms with Gasteiger partial charge in [-0.3, -0.25) is 0 Å². The largest absolute Gasteiger partial charge is 1.00 e. The van der Waals surface area contributed by atoms with Crippen molar-refractivity contribution in [3.63, 3.8) is 0 Å². The Labute approximate surface area is 140 Å². The molecular weight excluding hydrogens is 290 g/mol. The van der Waals surface area contributed by atoms with Crippen molar-refractivity contribution in [2.45, 2.75) is 32.7 Å². The molecule has 22 heavy (non-hydrogen) atoms. The molecule has 0 atom stereocenters. The minimum absolute atomic E-state index is 0. The summed E-state index contributed by atoms with van der Waals surface area (Å²) in [6, 6.07) is 20.0. The highest BCUT2D eigenvalue weighted by Gasteiger charge is 2.22. The van der Waals surface area contributed by atoms with Crippen LogP contribution in [0.4, 0.5) is 0 Å². The van der Waals surface area contributed by atoms with Crippen LogP contribution in [-0.2, 0) is 13.0 Å². The fraction of sp³-hybridized carbons (Fsp3) is 0.400. The molecule has 0 radical (unpaired) electrons. The summed E-state index contributed by atoms with van der Waals surface area (Å²) in [4.78, 5) is 1.75. The van der Waals surface area contributed by atoms with Gasteiger partial charge in [0.05, 0.1) is 13.1 Å². The number of hydrogen-bond acceptors (Lipinski definition) is 0. The first-order valence-corrected chi connectivity index (χ1v) is 8.22. The molecule has 0 saturated carbocycles. The highest BCUT2D eigenvalue weighted by molar-refractivity contribution is 5.21. The third-order valence-electron chi connectivity index (χ3n) is 4.75. The van der Waals surface area contributed by atoms with Crippen LogP contribution in [0.3, 0.4) is 0 Å². The van der Waals surface area contributed by atoms with Crippen LogP contribution >= 0.6 is 0 Å². The molecule has 0 unspecified atom stereocenters. The third-order valence-corrected chi connectivity index (χ3v) is 4.75. The van der Waals surface area contributed by atoms with Crippen LogP contribution in [0.25, 0.3) is 0 Å². The Morgan fingerprint density at radius 3 is 2.14 bits per heavy atom. The van der Waals surface area contributed by atoms with Crippen molar-refractivity contribution in [3.8, 4) is 0 Å². The number of nitrogens with one attached hydrogen (secondary N) is 1. The van der Waals surface area contributed by atoms with Crippen LogP contribution in [0.15, 0.2) is 54.6 Å². The number of aryl methyl sites for hydroxylation is 1. The molecular formula is C20H26ClN. The highest BCUT2D eigenvalue weighted by atomic mass is 35.5. The second-order valence-electron chi connectivity index (χ2n) is 6.55. The Kier molecular flexibility index (Phi) is 6.48. The van der Waals surface area contributed by atoms with Crippen molar-refractivity contribution < 1.29 is 17.3 Å². The summed E-state index contributed by atoms with van der Waals surface area (Å²) in [5, 5.41) is 0. The van der Waals surface area contributed by atoms with Gasteiger partial charge in [0, 0.05) is 5.56 Å². The monoisotopic (exact) mass is 315 g/mol. The van der Waals surface area contributed by atoms with E-state index in [0.29, 0.717) is 0 Å². The van der Waals surface area contributed by atoms with Gasteiger partial charge in [0.2, 0.25) is 0 Å². The summed E-state index contributed by atoms with van der Waals surface area (Å²) in [5.41, 5.74) is 4.35.